The summed E-state index contributed by atoms with van der Waals surface area (Å²) < 4.78 is 35.5. The Morgan fingerprint density at radius 1 is 1.21 bits per heavy atom. The number of carbonyl (C=O) groups is 1. The molecule has 0 aliphatic heterocycles. The van der Waals surface area contributed by atoms with Crippen LogP contribution in [0.2, 0.25) is 0 Å². The third-order valence-electron chi connectivity index (χ3n) is 3.31. The maximum atomic E-state index is 14.2. The lowest BCUT2D eigenvalue weighted by Gasteiger charge is -2.13. The Kier molecular flexibility index (Phi) is 6.37. The second-order valence-electron chi connectivity index (χ2n) is 5.15. The van der Waals surface area contributed by atoms with Crippen molar-refractivity contribution in [1.82, 2.24) is 0 Å². The van der Waals surface area contributed by atoms with Crippen molar-refractivity contribution in [2.75, 3.05) is 0 Å². The molecular formula is C16H13F2I2NO3. The topological polar surface area (TPSA) is 72.5 Å². The molecule has 128 valence electrons. The van der Waals surface area contributed by atoms with Gasteiger partial charge in [-0.2, -0.15) is 0 Å². The lowest BCUT2D eigenvalue weighted by molar-refractivity contribution is -0.138. The van der Waals surface area contributed by atoms with Crippen LogP contribution in [0.1, 0.15) is 11.1 Å². The molecule has 24 heavy (non-hydrogen) atoms. The van der Waals surface area contributed by atoms with Crippen molar-refractivity contribution < 1.29 is 23.4 Å². The zero-order chi connectivity index (χ0) is 18.0. The Labute approximate surface area is 164 Å². The van der Waals surface area contributed by atoms with Crippen LogP contribution in [0.15, 0.2) is 24.3 Å². The van der Waals surface area contributed by atoms with Crippen LogP contribution in [-0.4, -0.2) is 17.1 Å². The number of carboxylic acid groups (broad SMARTS) is 1. The third kappa shape index (κ3) is 4.54. The van der Waals surface area contributed by atoms with Gasteiger partial charge in [-0.05, 0) is 93.9 Å². The minimum Gasteiger partial charge on any atom is -0.480 e. The SMILES string of the molecule is Cc1c(I)cc(Oc2c(F)cc(CC(N)C(=O)O)cc2F)cc1I. The molecule has 0 aliphatic rings. The summed E-state index contributed by atoms with van der Waals surface area (Å²) in [5.74, 6) is -3.26. The highest BCUT2D eigenvalue weighted by atomic mass is 127. The van der Waals surface area contributed by atoms with E-state index in [0.717, 1.165) is 24.8 Å². The summed E-state index contributed by atoms with van der Waals surface area (Å²) >= 11 is 4.24. The first-order valence-electron chi connectivity index (χ1n) is 6.79. The Balaban J connectivity index is 2.30. The highest BCUT2D eigenvalue weighted by Crippen LogP contribution is 2.32. The number of carboxylic acids is 1. The van der Waals surface area contributed by atoms with E-state index >= 15 is 0 Å². The predicted octanol–water partition coefficient (Wildman–Crippen LogP) is 4.23. The Hall–Kier alpha value is -1.01. The summed E-state index contributed by atoms with van der Waals surface area (Å²) in [4.78, 5) is 10.7. The van der Waals surface area contributed by atoms with E-state index < -0.39 is 29.4 Å². The minimum absolute atomic E-state index is 0.153. The van der Waals surface area contributed by atoms with Gasteiger partial charge in [-0.3, -0.25) is 4.79 Å². The average molecular weight is 559 g/mol. The molecule has 1 unspecified atom stereocenters. The molecular weight excluding hydrogens is 546 g/mol. The maximum absolute atomic E-state index is 14.2. The average Bonchev–Trinajstić information content (AvgIpc) is 2.48. The standard InChI is InChI=1S/C16H13F2I2NO3/c1-7-12(19)5-9(6-13(7)20)24-15-10(17)2-8(3-11(15)18)4-14(21)16(22)23/h2-3,5-6,14H,4,21H2,1H3,(H,22,23). The van der Waals surface area contributed by atoms with E-state index in [0.29, 0.717) is 5.75 Å². The van der Waals surface area contributed by atoms with Crippen LogP contribution in [0.25, 0.3) is 0 Å². The van der Waals surface area contributed by atoms with Crippen LogP contribution in [-0.2, 0) is 11.2 Å². The van der Waals surface area contributed by atoms with Gasteiger partial charge in [-0.1, -0.05) is 0 Å². The van der Waals surface area contributed by atoms with Crippen LogP contribution >= 0.6 is 45.2 Å². The lowest BCUT2D eigenvalue weighted by atomic mass is 10.1. The van der Waals surface area contributed by atoms with Gasteiger partial charge in [0.15, 0.2) is 17.4 Å². The molecule has 0 aromatic heterocycles. The largest absolute Gasteiger partial charge is 0.480 e. The molecule has 0 saturated heterocycles. The molecule has 2 aromatic carbocycles. The number of hydrogen-bond acceptors (Lipinski definition) is 3. The van der Waals surface area contributed by atoms with Gasteiger partial charge in [0.1, 0.15) is 11.8 Å². The van der Waals surface area contributed by atoms with Crippen LogP contribution < -0.4 is 10.5 Å². The fraction of sp³-hybridized carbons (Fsp3) is 0.188. The number of halogens is 4. The summed E-state index contributed by atoms with van der Waals surface area (Å²) in [5, 5.41) is 8.77. The van der Waals surface area contributed by atoms with Crippen LogP contribution in [0.3, 0.4) is 0 Å². The van der Waals surface area contributed by atoms with Gasteiger partial charge in [0, 0.05) is 7.14 Å². The van der Waals surface area contributed by atoms with Crippen molar-refractivity contribution in [3.05, 3.63) is 54.2 Å². The summed E-state index contributed by atoms with van der Waals surface area (Å²) in [6.45, 7) is 1.94. The van der Waals surface area contributed by atoms with Gasteiger partial charge in [0.2, 0.25) is 0 Å². The number of nitrogens with two attached hydrogens (primary N) is 1. The second kappa shape index (κ2) is 7.91. The summed E-state index contributed by atoms with van der Waals surface area (Å²) in [6.07, 6.45) is -0.177. The lowest BCUT2D eigenvalue weighted by Crippen LogP contribution is -2.32. The zero-order valence-electron chi connectivity index (χ0n) is 12.4. The van der Waals surface area contributed by atoms with Gasteiger partial charge in [0.25, 0.3) is 0 Å². The van der Waals surface area contributed by atoms with E-state index in [1.807, 2.05) is 6.92 Å². The van der Waals surface area contributed by atoms with Crippen LogP contribution in [0.4, 0.5) is 8.78 Å². The first-order valence-corrected chi connectivity index (χ1v) is 8.94. The van der Waals surface area contributed by atoms with Gasteiger partial charge in [-0.15, -0.1) is 0 Å². The molecule has 0 spiro atoms. The molecule has 0 radical (unpaired) electrons. The van der Waals surface area contributed by atoms with E-state index in [4.69, 9.17) is 15.6 Å². The Morgan fingerprint density at radius 3 is 2.17 bits per heavy atom. The molecule has 0 amide bonds. The molecule has 0 fully saturated rings. The van der Waals surface area contributed by atoms with E-state index in [1.165, 1.54) is 0 Å². The number of benzene rings is 2. The quantitative estimate of drug-likeness (QED) is 0.539. The monoisotopic (exact) mass is 559 g/mol. The molecule has 3 N–H and O–H groups in total. The van der Waals surface area contributed by atoms with E-state index in [2.05, 4.69) is 45.2 Å². The second-order valence-corrected chi connectivity index (χ2v) is 7.48. The highest BCUT2D eigenvalue weighted by Gasteiger charge is 2.18. The summed E-state index contributed by atoms with van der Waals surface area (Å²) in [7, 11) is 0. The number of hydrogen-bond donors (Lipinski definition) is 2. The first-order chi connectivity index (χ1) is 11.2. The molecule has 0 aliphatic carbocycles. The van der Waals surface area contributed by atoms with E-state index in [1.54, 1.807) is 12.1 Å². The fourth-order valence-corrected chi connectivity index (χ4v) is 3.68. The first kappa shape index (κ1) is 19.3. The molecule has 2 rings (SSSR count). The predicted molar refractivity (Wildman–Crippen MR) is 102 cm³/mol. The highest BCUT2D eigenvalue weighted by molar-refractivity contribution is 14.1. The third-order valence-corrected chi connectivity index (χ3v) is 5.55. The smallest absolute Gasteiger partial charge is 0.320 e. The van der Waals surface area contributed by atoms with Crippen molar-refractivity contribution in [3.63, 3.8) is 0 Å². The Bertz CT molecular complexity index is 753. The van der Waals surface area contributed by atoms with Gasteiger partial charge < -0.3 is 15.6 Å². The van der Waals surface area contributed by atoms with Crippen molar-refractivity contribution in [3.8, 4) is 11.5 Å². The summed E-state index contributed by atoms with van der Waals surface area (Å²) in [5.41, 5.74) is 6.59. The number of rotatable bonds is 5. The minimum atomic E-state index is -1.24. The molecule has 8 heteroatoms. The molecule has 0 saturated carbocycles. The van der Waals surface area contributed by atoms with E-state index in [-0.39, 0.29) is 12.0 Å². The van der Waals surface area contributed by atoms with Gasteiger partial charge in [0.05, 0.1) is 0 Å². The van der Waals surface area contributed by atoms with Crippen LogP contribution in [0.5, 0.6) is 11.5 Å². The van der Waals surface area contributed by atoms with Crippen molar-refractivity contribution in [2.45, 2.75) is 19.4 Å². The molecule has 4 nitrogen and oxygen atoms in total. The van der Waals surface area contributed by atoms with Gasteiger partial charge >= 0.3 is 5.97 Å². The number of ether oxygens (including phenoxy) is 1. The molecule has 1 atom stereocenters. The molecule has 0 heterocycles. The molecule has 0 bridgehead atoms. The van der Waals surface area contributed by atoms with Crippen molar-refractivity contribution in [1.29, 1.82) is 0 Å². The summed E-state index contributed by atoms with van der Waals surface area (Å²) in [6, 6.07) is 4.21. The normalized spacial score (nSPS) is 12.1. The van der Waals surface area contributed by atoms with Gasteiger partial charge in [-0.25, -0.2) is 8.78 Å². The zero-order valence-corrected chi connectivity index (χ0v) is 16.8. The van der Waals surface area contributed by atoms with Crippen molar-refractivity contribution >= 4 is 51.2 Å². The van der Waals surface area contributed by atoms with E-state index in [9.17, 15) is 13.6 Å². The Morgan fingerprint density at radius 2 is 1.71 bits per heavy atom. The van der Waals surface area contributed by atoms with Crippen molar-refractivity contribution in [2.24, 2.45) is 5.73 Å². The number of aliphatic carboxylic acids is 1. The van der Waals surface area contributed by atoms with Crippen LogP contribution in [0, 0.1) is 25.7 Å². The fourth-order valence-electron chi connectivity index (χ4n) is 1.97. The molecule has 2 aromatic rings. The maximum Gasteiger partial charge on any atom is 0.320 e.